The van der Waals surface area contributed by atoms with Crippen molar-refractivity contribution in [2.45, 2.75) is 67.2 Å². The van der Waals surface area contributed by atoms with E-state index in [4.69, 9.17) is 0 Å². The minimum absolute atomic E-state index is 0.965. The summed E-state index contributed by atoms with van der Waals surface area (Å²) in [5.41, 5.74) is 37.9. The molecule has 0 amide bonds. The minimum atomic E-state index is 0.965. The zero-order chi connectivity index (χ0) is 53.9. The zero-order valence-electron chi connectivity index (χ0n) is 46.5. The van der Waals surface area contributed by atoms with Crippen LogP contribution in [0, 0.1) is 41.5 Å². The maximum absolute atomic E-state index is 2.50. The molecule has 12 aromatic carbocycles. The third-order valence-corrected chi connectivity index (χ3v) is 17.8. The smallest absolute Gasteiger partial charge is 0.0543 e. The predicted octanol–water partition coefficient (Wildman–Crippen LogP) is 20.8. The second kappa shape index (κ2) is 18.7. The van der Waals surface area contributed by atoms with Crippen molar-refractivity contribution in [3.05, 3.63) is 296 Å². The summed E-state index contributed by atoms with van der Waals surface area (Å²) in [5.74, 6) is 0. The van der Waals surface area contributed by atoms with E-state index >= 15 is 0 Å². The summed E-state index contributed by atoms with van der Waals surface area (Å²) in [5, 5.41) is 5.38. The minimum Gasteiger partial charge on any atom is -0.310 e. The molecule has 0 saturated heterocycles. The van der Waals surface area contributed by atoms with Gasteiger partial charge in [0.2, 0.25) is 0 Å². The Bertz CT molecular complexity index is 4410. The predicted molar refractivity (Wildman–Crippen MR) is 339 cm³/mol. The summed E-state index contributed by atoms with van der Waals surface area (Å²) in [7, 11) is 0. The van der Waals surface area contributed by atoms with Crippen molar-refractivity contribution in [3.8, 4) is 44.5 Å². The highest BCUT2D eigenvalue weighted by Crippen LogP contribution is 2.52. The summed E-state index contributed by atoms with van der Waals surface area (Å²) in [6.07, 6.45) is 3.98. The molecule has 2 heteroatoms. The maximum atomic E-state index is 2.50. The molecule has 0 bridgehead atoms. The molecule has 0 spiro atoms. The number of hydrogen-bond donors (Lipinski definition) is 0. The van der Waals surface area contributed by atoms with Gasteiger partial charge in [-0.25, -0.2) is 0 Å². The molecule has 0 saturated carbocycles. The summed E-state index contributed by atoms with van der Waals surface area (Å²) >= 11 is 0. The van der Waals surface area contributed by atoms with Crippen LogP contribution in [0.2, 0.25) is 0 Å². The van der Waals surface area contributed by atoms with Crippen LogP contribution in [-0.4, -0.2) is 0 Å². The van der Waals surface area contributed by atoms with Crippen LogP contribution < -0.4 is 9.80 Å². The molecule has 0 heterocycles. The van der Waals surface area contributed by atoms with Crippen LogP contribution in [0.5, 0.6) is 0 Å². The molecule has 0 radical (unpaired) electrons. The fourth-order valence-electron chi connectivity index (χ4n) is 13.8. The van der Waals surface area contributed by atoms with E-state index < -0.39 is 0 Å². The molecule has 2 nitrogen and oxygen atoms in total. The van der Waals surface area contributed by atoms with E-state index in [1.165, 1.54) is 178 Å². The molecule has 4 aliphatic carbocycles. The summed E-state index contributed by atoms with van der Waals surface area (Å²) < 4.78 is 0. The quantitative estimate of drug-likeness (QED) is 0.164. The Morgan fingerprint density at radius 3 is 1.10 bits per heavy atom. The average molecular weight is 1030 g/mol. The topological polar surface area (TPSA) is 6.48 Å². The van der Waals surface area contributed by atoms with E-state index in [1.54, 1.807) is 0 Å². The molecule has 0 unspecified atom stereocenters. The number of fused-ring (bicyclic) bond motifs is 16. The van der Waals surface area contributed by atoms with E-state index in [0.29, 0.717) is 0 Å². The van der Waals surface area contributed by atoms with Crippen LogP contribution in [0.15, 0.2) is 218 Å². The first-order valence-electron chi connectivity index (χ1n) is 28.6. The first-order valence-corrected chi connectivity index (χ1v) is 28.6. The Balaban J connectivity index is 0.000000138. The van der Waals surface area contributed by atoms with Crippen molar-refractivity contribution >= 4 is 55.7 Å². The number of aryl methyl sites for hydroxylation is 6. The largest absolute Gasteiger partial charge is 0.310 e. The van der Waals surface area contributed by atoms with Crippen LogP contribution in [0.4, 0.5) is 34.1 Å². The molecular weight excluding hydrogens is 965 g/mol. The Morgan fingerprint density at radius 2 is 0.588 bits per heavy atom. The molecule has 4 aliphatic rings. The van der Waals surface area contributed by atoms with Crippen molar-refractivity contribution in [2.75, 3.05) is 9.80 Å². The fraction of sp³-hybridized carbons (Fsp3) is 0.128. The monoisotopic (exact) mass is 1030 g/mol. The second-order valence-corrected chi connectivity index (χ2v) is 23.3. The van der Waals surface area contributed by atoms with Crippen molar-refractivity contribution in [1.29, 1.82) is 0 Å². The molecular formula is C78H62N2. The van der Waals surface area contributed by atoms with Crippen molar-refractivity contribution in [3.63, 3.8) is 0 Å². The molecule has 0 aliphatic heterocycles. The number of benzene rings is 12. The van der Waals surface area contributed by atoms with Gasteiger partial charge in [0.05, 0.1) is 5.69 Å². The molecule has 0 atom stereocenters. The zero-order valence-corrected chi connectivity index (χ0v) is 46.5. The van der Waals surface area contributed by atoms with Crippen LogP contribution in [0.1, 0.15) is 77.9 Å². The van der Waals surface area contributed by atoms with Crippen molar-refractivity contribution in [1.82, 2.24) is 0 Å². The van der Waals surface area contributed by atoms with E-state index in [9.17, 15) is 0 Å². The van der Waals surface area contributed by atoms with Crippen molar-refractivity contribution < 1.29 is 0 Å². The lowest BCUT2D eigenvalue weighted by atomic mass is 9.93. The Kier molecular flexibility index (Phi) is 11.2. The molecule has 12 aromatic rings. The van der Waals surface area contributed by atoms with E-state index in [1.807, 2.05) is 0 Å². The van der Waals surface area contributed by atoms with E-state index in [2.05, 4.69) is 270 Å². The van der Waals surface area contributed by atoms with Gasteiger partial charge >= 0.3 is 0 Å². The van der Waals surface area contributed by atoms with Crippen LogP contribution in [0.25, 0.3) is 66.1 Å². The van der Waals surface area contributed by atoms with Gasteiger partial charge in [0.1, 0.15) is 0 Å². The average Bonchev–Trinajstić information content (AvgIpc) is 4.35. The highest BCUT2D eigenvalue weighted by molar-refractivity contribution is 6.10. The summed E-state index contributed by atoms with van der Waals surface area (Å²) in [6.45, 7) is 13.0. The number of nitrogens with zero attached hydrogens (tertiary/aromatic N) is 2. The Hall–Kier alpha value is -9.24. The molecule has 384 valence electrons. The van der Waals surface area contributed by atoms with Gasteiger partial charge in [0.25, 0.3) is 0 Å². The van der Waals surface area contributed by atoms with Gasteiger partial charge in [-0.3, -0.25) is 0 Å². The van der Waals surface area contributed by atoms with Gasteiger partial charge in [-0.15, -0.1) is 0 Å². The lowest BCUT2D eigenvalue weighted by molar-refractivity contribution is 1.22. The molecule has 0 aromatic heterocycles. The van der Waals surface area contributed by atoms with Gasteiger partial charge in [-0.1, -0.05) is 155 Å². The van der Waals surface area contributed by atoms with Crippen LogP contribution in [0.3, 0.4) is 0 Å². The Labute approximate surface area is 470 Å². The standard InChI is InChI=1S/2C39H31N/c1-24-8-13-31(14-9-24)40(32-15-10-25(2)11-16-32)38-23-30-20-29-21-36-28(19-27-18-26(3)12-17-33(27)36)22-37(29)39(30)35-7-5-4-6-34(35)38;1-24-8-12-31(13-9-24)40(32-14-10-25(2)11-15-32)33-16-17-35-27(21-33)19-28-23-38-29(22-37(28)35)20-30-18-26(3)34-6-4-5-7-36(34)39(30)38/h2*4-18,21-23H,19-20H2,1-3H3. The molecule has 16 rings (SSSR count). The fourth-order valence-corrected chi connectivity index (χ4v) is 13.8. The molecule has 0 N–H and O–H groups in total. The lowest BCUT2D eigenvalue weighted by Crippen LogP contribution is -2.11. The first-order chi connectivity index (χ1) is 39.1. The highest BCUT2D eigenvalue weighted by Gasteiger charge is 2.31. The third-order valence-electron chi connectivity index (χ3n) is 17.8. The number of anilines is 6. The summed E-state index contributed by atoms with van der Waals surface area (Å²) in [6, 6.07) is 82.2. The Morgan fingerprint density at radius 1 is 0.237 bits per heavy atom. The van der Waals surface area contributed by atoms with Gasteiger partial charge in [0.15, 0.2) is 0 Å². The summed E-state index contributed by atoms with van der Waals surface area (Å²) in [4.78, 5) is 4.82. The number of rotatable bonds is 6. The van der Waals surface area contributed by atoms with Gasteiger partial charge in [0, 0.05) is 33.8 Å². The SMILES string of the molecule is Cc1ccc(N(c2ccc(C)cc2)c2cc3c(c4ccccc24)-c2cc4c(cc2C3)-c2ccc(C)cc2C4)cc1.Cc1ccc(N(c2ccc(C)cc2)c2ccc3c(c2)Cc2cc4c(cc2-3)Cc2cc(C)c3ccccc3c2-4)cc1. The lowest BCUT2D eigenvalue weighted by Gasteiger charge is -2.28. The van der Waals surface area contributed by atoms with E-state index in [-0.39, 0.29) is 0 Å². The van der Waals surface area contributed by atoms with Crippen molar-refractivity contribution in [2.24, 2.45) is 0 Å². The van der Waals surface area contributed by atoms with E-state index in [0.717, 1.165) is 25.7 Å². The van der Waals surface area contributed by atoms with Gasteiger partial charge < -0.3 is 9.80 Å². The van der Waals surface area contributed by atoms with Gasteiger partial charge in [-0.2, -0.15) is 0 Å². The normalized spacial score (nSPS) is 12.7. The van der Waals surface area contributed by atoms with Gasteiger partial charge in [-0.05, 0) is 269 Å². The van der Waals surface area contributed by atoms with Crippen LogP contribution >= 0.6 is 0 Å². The number of hydrogen-bond acceptors (Lipinski definition) is 2. The third kappa shape index (κ3) is 7.99. The molecule has 0 fully saturated rings. The first kappa shape index (κ1) is 47.9. The molecule has 80 heavy (non-hydrogen) atoms. The highest BCUT2D eigenvalue weighted by atomic mass is 15.1. The second-order valence-electron chi connectivity index (χ2n) is 23.3. The maximum Gasteiger partial charge on any atom is 0.0543 e. The van der Waals surface area contributed by atoms with Crippen LogP contribution in [-0.2, 0) is 25.7 Å².